The Labute approximate surface area is 652 Å². The second kappa shape index (κ2) is 81.2. The lowest BCUT2D eigenvalue weighted by Gasteiger charge is -2.21. The molecule has 0 bridgehead atoms. The van der Waals surface area contributed by atoms with Crippen LogP contribution >= 0.6 is 15.6 Å². The summed E-state index contributed by atoms with van der Waals surface area (Å²) in [7, 11) is -9.79. The molecule has 107 heavy (non-hydrogen) atoms. The highest BCUT2D eigenvalue weighted by molar-refractivity contribution is 7.47. The Hall–Kier alpha value is -4.31. The summed E-state index contributed by atoms with van der Waals surface area (Å²) in [4.78, 5) is 58.6. The molecule has 0 fully saturated rings. The number of carbonyl (C=O) groups is 3. The fourth-order valence-corrected chi connectivity index (χ4v) is 13.1. The van der Waals surface area contributed by atoms with Crippen LogP contribution in [0.4, 0.5) is 0 Å². The Morgan fingerprint density at radius 1 is 0.271 bits per heavy atom. The third-order valence-corrected chi connectivity index (χ3v) is 19.8. The lowest BCUT2D eigenvalue weighted by molar-refractivity contribution is -0.161. The minimum absolute atomic E-state index is 0.102. The van der Waals surface area contributed by atoms with Gasteiger partial charge in [0.2, 0.25) is 0 Å². The van der Waals surface area contributed by atoms with E-state index in [1.165, 1.54) is 141 Å². The maximum Gasteiger partial charge on any atom is 0.472 e. The van der Waals surface area contributed by atoms with Crippen LogP contribution in [0, 0.1) is 0 Å². The molecule has 0 aromatic carbocycles. The lowest BCUT2D eigenvalue weighted by atomic mass is 10.0. The van der Waals surface area contributed by atoms with Crippen LogP contribution in [0.5, 0.6) is 0 Å². The molecule has 0 aromatic rings. The average molecular weight is 1540 g/mol. The molecule has 16 nitrogen and oxygen atoms in total. The lowest BCUT2D eigenvalue weighted by Crippen LogP contribution is -2.30. The van der Waals surface area contributed by atoms with Crippen molar-refractivity contribution in [2.45, 2.75) is 373 Å². The topological polar surface area (TPSA) is 231 Å². The van der Waals surface area contributed by atoms with E-state index in [4.69, 9.17) is 32.3 Å². The molecule has 0 aliphatic carbocycles. The summed E-state index contributed by atoms with van der Waals surface area (Å²) in [6.07, 6.45) is 99.6. The van der Waals surface area contributed by atoms with Crippen LogP contribution in [0.3, 0.4) is 0 Å². The molecule has 18 heteroatoms. The van der Waals surface area contributed by atoms with Gasteiger partial charge in [-0.25, -0.2) is 9.13 Å². The standard InChI is InChI=1S/C89H154O16P2/c1-4-7-10-13-16-19-22-24-26-28-30-32-34-36-37-38-39-40-41-42-43-44-45-47-49-50-52-54-56-58-61-63-66-69-72-75-87(92)99-78-84(90)79-101-106(95,96)102-80-85(91)81-103-107(97,98)104-83-86(105-89(94)77-74-71-68-65-60-21-18-15-12-9-6-3)82-100-88(93)76-73-70-67-64-62-59-57-55-53-51-48-46-35-33-31-29-27-25-23-20-17-14-11-8-5-2/h7-8,10-11,16-17,19-20,24-27,30-33,36-37,46,48,53,55,84-86,90-91H,4-6,9,12-15,18,21-23,28-29,34-35,38-45,47,49-52,54,56-83H2,1-3H3,(H,95,96)(H,97,98)/b10-7-,11-8-,19-16-,20-17-,26-24-,27-25-,32-30-,33-31-,37-36-,48-46-,55-53-. The second-order valence-corrected chi connectivity index (χ2v) is 31.1. The molecule has 0 spiro atoms. The van der Waals surface area contributed by atoms with Gasteiger partial charge in [-0.2, -0.15) is 0 Å². The molecule has 5 atom stereocenters. The van der Waals surface area contributed by atoms with E-state index in [1.807, 2.05) is 0 Å². The number of carbonyl (C=O) groups excluding carboxylic acids is 3. The zero-order valence-corrected chi connectivity index (χ0v) is 69.3. The first-order valence-electron chi connectivity index (χ1n) is 42.5. The number of allylic oxidation sites excluding steroid dienone is 22. The molecule has 0 aliphatic heterocycles. The Bertz CT molecular complexity index is 2480. The summed E-state index contributed by atoms with van der Waals surface area (Å²) >= 11 is 0. The molecule has 4 N–H and O–H groups in total. The number of esters is 3. The Kier molecular flexibility index (Phi) is 77.9. The highest BCUT2D eigenvalue weighted by Crippen LogP contribution is 2.45. The van der Waals surface area contributed by atoms with Crippen LogP contribution in [0.25, 0.3) is 0 Å². The van der Waals surface area contributed by atoms with E-state index in [0.29, 0.717) is 19.3 Å². The summed E-state index contributed by atoms with van der Waals surface area (Å²) in [6, 6.07) is 0. The van der Waals surface area contributed by atoms with Crippen molar-refractivity contribution in [2.24, 2.45) is 0 Å². The van der Waals surface area contributed by atoms with Crippen molar-refractivity contribution in [3.8, 4) is 0 Å². The Morgan fingerprint density at radius 2 is 0.495 bits per heavy atom. The first-order valence-corrected chi connectivity index (χ1v) is 45.5. The molecule has 0 saturated carbocycles. The number of phosphoric acid groups is 2. The van der Waals surface area contributed by atoms with Crippen LogP contribution in [0.1, 0.15) is 355 Å². The van der Waals surface area contributed by atoms with E-state index >= 15 is 0 Å². The van der Waals surface area contributed by atoms with E-state index in [1.54, 1.807) is 0 Å². The maximum atomic E-state index is 12.9. The van der Waals surface area contributed by atoms with Crippen molar-refractivity contribution in [1.82, 2.24) is 0 Å². The SMILES string of the molecule is CC/C=C\C/C=C\C/C=C\C/C=C\C/C=C\C/C=C\CCCCCCCCC(=O)OCC(COP(=O)(O)OCC(O)COP(=O)(O)OCC(O)COC(=O)CCCCCCCCCCCCCCCCCCCCC/C=C\C/C=C\C/C=C\C/C=C\C/C=C\CC)OC(=O)CCCCCCCCCCCCC. The third-order valence-electron chi connectivity index (χ3n) is 17.9. The number of aliphatic hydroxyl groups is 2. The summed E-state index contributed by atoms with van der Waals surface area (Å²) < 4.78 is 61.2. The quantitative estimate of drug-likeness (QED) is 0.0146. The molecule has 0 aromatic heterocycles. The zero-order chi connectivity index (χ0) is 78.0. The van der Waals surface area contributed by atoms with E-state index in [0.717, 1.165) is 154 Å². The van der Waals surface area contributed by atoms with Crippen LogP contribution in [0.15, 0.2) is 134 Å². The summed E-state index contributed by atoms with van der Waals surface area (Å²) in [5.74, 6) is -1.58. The van der Waals surface area contributed by atoms with Gasteiger partial charge in [0.1, 0.15) is 25.4 Å². The first kappa shape index (κ1) is 103. The van der Waals surface area contributed by atoms with Crippen molar-refractivity contribution >= 4 is 33.6 Å². The first-order chi connectivity index (χ1) is 52.2. The molecular formula is C89H154O16P2. The number of rotatable bonds is 80. The van der Waals surface area contributed by atoms with E-state index in [9.17, 15) is 43.5 Å². The van der Waals surface area contributed by atoms with Crippen molar-refractivity contribution in [1.29, 1.82) is 0 Å². The molecule has 5 unspecified atom stereocenters. The summed E-state index contributed by atoms with van der Waals surface area (Å²) in [5.41, 5.74) is 0. The third kappa shape index (κ3) is 82.5. The molecule has 616 valence electrons. The average Bonchev–Trinajstić information content (AvgIpc) is 0.909. The minimum Gasteiger partial charge on any atom is -0.463 e. The summed E-state index contributed by atoms with van der Waals surface area (Å²) in [5, 5.41) is 20.7. The van der Waals surface area contributed by atoms with Crippen LogP contribution in [-0.4, -0.2) is 95.9 Å². The molecule has 0 aliphatic rings. The number of aliphatic hydroxyl groups excluding tert-OH is 2. The van der Waals surface area contributed by atoms with Crippen molar-refractivity contribution in [3.63, 3.8) is 0 Å². The van der Waals surface area contributed by atoms with Gasteiger partial charge in [0, 0.05) is 19.3 Å². The number of unbranched alkanes of at least 4 members (excludes halogenated alkanes) is 35. The molecular weight excluding hydrogens is 1390 g/mol. The normalized spacial score (nSPS) is 14.6. The smallest absolute Gasteiger partial charge is 0.463 e. The van der Waals surface area contributed by atoms with E-state index in [-0.39, 0.29) is 19.3 Å². The Morgan fingerprint density at radius 3 is 0.785 bits per heavy atom. The number of hydrogen-bond donors (Lipinski definition) is 4. The molecule has 0 rings (SSSR count). The maximum absolute atomic E-state index is 12.9. The van der Waals surface area contributed by atoms with Crippen molar-refractivity contribution in [2.75, 3.05) is 39.6 Å². The minimum atomic E-state index is -4.93. The molecule has 0 amide bonds. The fourth-order valence-electron chi connectivity index (χ4n) is 11.5. The monoisotopic (exact) mass is 1540 g/mol. The van der Waals surface area contributed by atoms with Gasteiger partial charge in [-0.05, 0) is 116 Å². The zero-order valence-electron chi connectivity index (χ0n) is 67.5. The van der Waals surface area contributed by atoms with Gasteiger partial charge >= 0.3 is 33.6 Å². The Balaban J connectivity index is 4.35. The van der Waals surface area contributed by atoms with Crippen LogP contribution < -0.4 is 0 Å². The van der Waals surface area contributed by atoms with Gasteiger partial charge in [0.15, 0.2) is 6.10 Å². The van der Waals surface area contributed by atoms with E-state index in [2.05, 4.69) is 154 Å². The highest BCUT2D eigenvalue weighted by Gasteiger charge is 2.29. The van der Waals surface area contributed by atoms with Gasteiger partial charge in [0.25, 0.3) is 0 Å². The van der Waals surface area contributed by atoms with Crippen LogP contribution in [-0.2, 0) is 55.8 Å². The number of hydrogen-bond acceptors (Lipinski definition) is 14. The molecule has 0 heterocycles. The van der Waals surface area contributed by atoms with Gasteiger partial charge in [-0.15, -0.1) is 0 Å². The predicted molar refractivity (Wildman–Crippen MR) is 445 cm³/mol. The van der Waals surface area contributed by atoms with Gasteiger partial charge < -0.3 is 34.2 Å². The predicted octanol–water partition coefficient (Wildman–Crippen LogP) is 25.4. The summed E-state index contributed by atoms with van der Waals surface area (Å²) in [6.45, 7) is 2.46. The highest BCUT2D eigenvalue weighted by atomic mass is 31.2. The molecule has 0 radical (unpaired) electrons. The van der Waals surface area contributed by atoms with Crippen LogP contribution in [0.2, 0.25) is 0 Å². The van der Waals surface area contributed by atoms with E-state index < -0.39 is 91.5 Å². The second-order valence-electron chi connectivity index (χ2n) is 28.2. The number of phosphoric ester groups is 2. The van der Waals surface area contributed by atoms with Gasteiger partial charge in [0.05, 0.1) is 26.4 Å². The fraction of sp³-hybridized carbons (Fsp3) is 0.719. The van der Waals surface area contributed by atoms with Crippen molar-refractivity contribution in [3.05, 3.63) is 134 Å². The molecule has 0 saturated heterocycles. The van der Waals surface area contributed by atoms with Gasteiger partial charge in [-0.1, -0.05) is 353 Å². The van der Waals surface area contributed by atoms with Gasteiger partial charge in [-0.3, -0.25) is 32.5 Å². The number of ether oxygens (including phenoxy) is 3. The largest absolute Gasteiger partial charge is 0.472 e. The van der Waals surface area contributed by atoms with Crippen molar-refractivity contribution < 1.29 is 75.8 Å².